The van der Waals surface area contributed by atoms with Crippen molar-refractivity contribution in [3.05, 3.63) is 35.2 Å². The fraction of sp³-hybridized carbons (Fsp3) is 0.429. The fourth-order valence-corrected chi connectivity index (χ4v) is 2.02. The predicted octanol–water partition coefficient (Wildman–Crippen LogP) is 2.51. The van der Waals surface area contributed by atoms with Gasteiger partial charge in [-0.2, -0.15) is 0 Å². The summed E-state index contributed by atoms with van der Waals surface area (Å²) in [5.41, 5.74) is 6.56. The number of pyridine rings is 1. The van der Waals surface area contributed by atoms with E-state index in [9.17, 15) is 4.79 Å². The van der Waals surface area contributed by atoms with E-state index < -0.39 is 17.7 Å². The van der Waals surface area contributed by atoms with Gasteiger partial charge in [-0.15, -0.1) is 0 Å². The van der Waals surface area contributed by atoms with Gasteiger partial charge in [0.05, 0.1) is 16.8 Å². The zero-order chi connectivity index (χ0) is 15.6. The molecule has 3 N–H and O–H groups in total. The number of amides is 1. The Morgan fingerprint density at radius 1 is 1.48 bits per heavy atom. The van der Waals surface area contributed by atoms with E-state index in [-0.39, 0.29) is 6.54 Å². The van der Waals surface area contributed by atoms with Gasteiger partial charge in [-0.1, -0.05) is 11.6 Å². The van der Waals surface area contributed by atoms with E-state index in [1.54, 1.807) is 49.7 Å². The van der Waals surface area contributed by atoms with Crippen LogP contribution in [0.5, 0.6) is 0 Å². The summed E-state index contributed by atoms with van der Waals surface area (Å²) in [4.78, 5) is 16.3. The molecule has 0 fully saturated rings. The summed E-state index contributed by atoms with van der Waals surface area (Å²) in [6.45, 7) is 5.63. The number of nitrogens with two attached hydrogens (primary N) is 1. The third-order valence-corrected chi connectivity index (χ3v) is 2.94. The molecule has 0 aliphatic heterocycles. The fourth-order valence-electron chi connectivity index (χ4n) is 1.86. The molecule has 0 aliphatic rings. The molecular weight excluding hydrogens is 292 g/mol. The molecule has 0 aliphatic carbocycles. The molecule has 114 valence electrons. The minimum atomic E-state index is -0.560. The normalized spacial score (nSPS) is 13.2. The molecule has 6 nitrogen and oxygen atoms in total. The van der Waals surface area contributed by atoms with E-state index in [1.165, 1.54) is 0 Å². The van der Waals surface area contributed by atoms with Crippen molar-refractivity contribution in [2.24, 2.45) is 5.73 Å². The number of ether oxygens (including phenoxy) is 1. The highest BCUT2D eigenvalue weighted by Crippen LogP contribution is 2.16. The lowest BCUT2D eigenvalue weighted by atomic mass is 10.2. The van der Waals surface area contributed by atoms with Crippen molar-refractivity contribution >= 4 is 23.3 Å². The van der Waals surface area contributed by atoms with Gasteiger partial charge in [-0.3, -0.25) is 0 Å². The van der Waals surface area contributed by atoms with E-state index in [0.717, 1.165) is 5.65 Å². The van der Waals surface area contributed by atoms with Crippen molar-refractivity contribution in [3.63, 3.8) is 0 Å². The van der Waals surface area contributed by atoms with Crippen molar-refractivity contribution in [2.75, 3.05) is 6.54 Å². The van der Waals surface area contributed by atoms with Gasteiger partial charge in [0.1, 0.15) is 11.2 Å². The van der Waals surface area contributed by atoms with Crippen LogP contribution >= 0.6 is 11.6 Å². The molecule has 0 radical (unpaired) electrons. The lowest BCUT2D eigenvalue weighted by molar-refractivity contribution is 0.0504. The number of fused-ring (bicyclic) bond motifs is 1. The molecule has 2 heterocycles. The number of nitrogens with zero attached hydrogens (tertiary/aromatic N) is 2. The van der Waals surface area contributed by atoms with Crippen LogP contribution < -0.4 is 11.1 Å². The molecule has 1 unspecified atom stereocenters. The summed E-state index contributed by atoms with van der Waals surface area (Å²) in [5, 5.41) is 3.33. The number of carbonyl (C=O) groups is 1. The van der Waals surface area contributed by atoms with E-state index >= 15 is 0 Å². The molecule has 2 aromatic heterocycles. The van der Waals surface area contributed by atoms with Crippen molar-refractivity contribution < 1.29 is 9.53 Å². The maximum absolute atomic E-state index is 11.8. The lowest BCUT2D eigenvalue weighted by Crippen LogP contribution is -2.37. The zero-order valence-electron chi connectivity index (χ0n) is 12.3. The van der Waals surface area contributed by atoms with Crippen LogP contribution in [0, 0.1) is 0 Å². The van der Waals surface area contributed by atoms with Crippen molar-refractivity contribution in [2.45, 2.75) is 32.4 Å². The Morgan fingerprint density at radius 3 is 2.81 bits per heavy atom. The smallest absolute Gasteiger partial charge is 0.408 e. The summed E-state index contributed by atoms with van der Waals surface area (Å²) in [7, 11) is 0. The van der Waals surface area contributed by atoms with E-state index in [0.29, 0.717) is 10.7 Å². The number of alkyl carbamates (subject to hydrolysis) is 1. The Bertz CT molecular complexity index is 648. The van der Waals surface area contributed by atoms with E-state index in [2.05, 4.69) is 10.3 Å². The Labute approximate surface area is 128 Å². The van der Waals surface area contributed by atoms with Crippen LogP contribution in [0.15, 0.2) is 24.5 Å². The molecule has 2 rings (SSSR count). The van der Waals surface area contributed by atoms with Crippen LogP contribution in [0.2, 0.25) is 5.02 Å². The van der Waals surface area contributed by atoms with Gasteiger partial charge in [0.2, 0.25) is 0 Å². The third kappa shape index (κ3) is 4.09. The second-order valence-corrected chi connectivity index (χ2v) is 6.15. The van der Waals surface area contributed by atoms with Gasteiger partial charge in [0, 0.05) is 18.9 Å². The molecule has 1 atom stereocenters. The van der Waals surface area contributed by atoms with Crippen LogP contribution in [0.3, 0.4) is 0 Å². The number of hydrogen-bond donors (Lipinski definition) is 2. The van der Waals surface area contributed by atoms with E-state index in [1.807, 2.05) is 0 Å². The number of halogens is 1. The van der Waals surface area contributed by atoms with E-state index in [4.69, 9.17) is 22.1 Å². The van der Waals surface area contributed by atoms with Gasteiger partial charge in [-0.05, 0) is 32.9 Å². The molecule has 2 aromatic rings. The molecule has 7 heteroatoms. The minimum Gasteiger partial charge on any atom is -0.444 e. The van der Waals surface area contributed by atoms with Gasteiger partial charge < -0.3 is 20.2 Å². The number of imidazole rings is 1. The van der Waals surface area contributed by atoms with Crippen LogP contribution in [-0.2, 0) is 4.74 Å². The Morgan fingerprint density at radius 2 is 2.19 bits per heavy atom. The molecule has 21 heavy (non-hydrogen) atoms. The highest BCUT2D eigenvalue weighted by molar-refractivity contribution is 6.30. The largest absolute Gasteiger partial charge is 0.444 e. The van der Waals surface area contributed by atoms with Crippen LogP contribution in [0.4, 0.5) is 4.79 Å². The average Bonchev–Trinajstić information content (AvgIpc) is 2.76. The monoisotopic (exact) mass is 310 g/mol. The Balaban J connectivity index is 2.17. The second-order valence-electron chi connectivity index (χ2n) is 5.71. The summed E-state index contributed by atoms with van der Waals surface area (Å²) in [5.74, 6) is 0. The van der Waals surface area contributed by atoms with Gasteiger partial charge >= 0.3 is 6.09 Å². The number of aromatic nitrogens is 2. The number of hydrogen-bond acceptors (Lipinski definition) is 4. The first-order valence-corrected chi connectivity index (χ1v) is 7.00. The molecule has 0 saturated carbocycles. The summed E-state index contributed by atoms with van der Waals surface area (Å²) < 4.78 is 7.01. The molecule has 0 bridgehead atoms. The van der Waals surface area contributed by atoms with Gasteiger partial charge in [-0.25, -0.2) is 9.78 Å². The first-order valence-electron chi connectivity index (χ1n) is 6.62. The van der Waals surface area contributed by atoms with Gasteiger partial charge in [0.25, 0.3) is 0 Å². The SMILES string of the molecule is CC(C)(C)OC(=O)NC(CN)c1cn2cc(Cl)ccc2n1. The quantitative estimate of drug-likeness (QED) is 0.912. The first-order chi connectivity index (χ1) is 9.78. The summed E-state index contributed by atoms with van der Waals surface area (Å²) >= 11 is 5.94. The minimum absolute atomic E-state index is 0.219. The first kappa shape index (κ1) is 15.6. The lowest BCUT2D eigenvalue weighted by Gasteiger charge is -2.22. The Kier molecular flexibility index (Phi) is 4.39. The Hall–Kier alpha value is -1.79. The summed E-state index contributed by atoms with van der Waals surface area (Å²) in [6.07, 6.45) is 3.01. The van der Waals surface area contributed by atoms with Gasteiger partial charge in [0.15, 0.2) is 0 Å². The van der Waals surface area contributed by atoms with Crippen LogP contribution in [0.1, 0.15) is 32.5 Å². The standard InChI is InChI=1S/C14H19ClN4O2/c1-14(2,3)21-13(20)18-10(6-16)11-8-19-7-9(15)4-5-12(19)17-11/h4-5,7-8,10H,6,16H2,1-3H3,(H,18,20). The topological polar surface area (TPSA) is 81.6 Å². The number of rotatable bonds is 3. The molecule has 0 saturated heterocycles. The number of carbonyl (C=O) groups excluding carboxylic acids is 1. The zero-order valence-corrected chi connectivity index (χ0v) is 13.0. The maximum Gasteiger partial charge on any atom is 0.408 e. The maximum atomic E-state index is 11.8. The predicted molar refractivity (Wildman–Crippen MR) is 81.4 cm³/mol. The van der Waals surface area contributed by atoms with Crippen LogP contribution in [0.25, 0.3) is 5.65 Å². The average molecular weight is 311 g/mol. The van der Waals surface area contributed by atoms with Crippen LogP contribution in [-0.4, -0.2) is 27.6 Å². The third-order valence-electron chi connectivity index (χ3n) is 2.72. The summed E-state index contributed by atoms with van der Waals surface area (Å²) in [6, 6.07) is 3.14. The molecule has 0 spiro atoms. The second kappa shape index (κ2) is 5.91. The van der Waals surface area contributed by atoms with Crippen molar-refractivity contribution in [3.8, 4) is 0 Å². The highest BCUT2D eigenvalue weighted by Gasteiger charge is 2.21. The molecule has 0 aromatic carbocycles. The highest BCUT2D eigenvalue weighted by atomic mass is 35.5. The molecular formula is C14H19ClN4O2. The number of nitrogens with one attached hydrogen (secondary N) is 1. The van der Waals surface area contributed by atoms with Crippen molar-refractivity contribution in [1.82, 2.24) is 14.7 Å². The molecule has 1 amide bonds. The van der Waals surface area contributed by atoms with Crippen molar-refractivity contribution in [1.29, 1.82) is 0 Å².